The van der Waals surface area contributed by atoms with Gasteiger partial charge in [-0.05, 0) is 36.1 Å². The van der Waals surface area contributed by atoms with E-state index in [4.69, 9.17) is 23.2 Å². The van der Waals surface area contributed by atoms with Crippen LogP contribution in [-0.2, 0) is 22.4 Å². The van der Waals surface area contributed by atoms with Crippen LogP contribution in [0.1, 0.15) is 36.5 Å². The third kappa shape index (κ3) is 7.05. The van der Waals surface area contributed by atoms with Crippen LogP contribution in [0.25, 0.3) is 0 Å². The van der Waals surface area contributed by atoms with Gasteiger partial charge in [0.15, 0.2) is 0 Å². The zero-order valence-electron chi connectivity index (χ0n) is 15.5. The van der Waals surface area contributed by atoms with Gasteiger partial charge in [0.25, 0.3) is 0 Å². The van der Waals surface area contributed by atoms with Crippen LogP contribution in [0.5, 0.6) is 0 Å². The van der Waals surface area contributed by atoms with Crippen molar-refractivity contribution in [2.45, 2.75) is 45.2 Å². The van der Waals surface area contributed by atoms with Gasteiger partial charge in [0.05, 0.1) is 10.7 Å². The molecule has 0 amide bonds. The first-order valence-corrected chi connectivity index (χ1v) is 10.4. The number of carboxylic acids is 2. The minimum atomic E-state index is -1.10. The van der Waals surface area contributed by atoms with E-state index in [1.807, 2.05) is 19.2 Å². The number of benzene rings is 1. The molecule has 2 aromatic rings. The minimum absolute atomic E-state index is 0.109. The molecule has 9 heteroatoms. The smallest absolute Gasteiger partial charge is 0.321 e. The molecule has 2 unspecified atom stereocenters. The van der Waals surface area contributed by atoms with Gasteiger partial charge in [0.1, 0.15) is 12.1 Å². The predicted octanol–water partition coefficient (Wildman–Crippen LogP) is 4.13. The number of rotatable bonds is 10. The van der Waals surface area contributed by atoms with Crippen LogP contribution < -0.4 is 5.32 Å². The number of nitrogens with one attached hydrogen (secondary N) is 1. The highest BCUT2D eigenvalue weighted by Crippen LogP contribution is 2.22. The summed E-state index contributed by atoms with van der Waals surface area (Å²) in [6.45, 7) is 3.78. The van der Waals surface area contributed by atoms with E-state index >= 15 is 0 Å². The summed E-state index contributed by atoms with van der Waals surface area (Å²) in [6, 6.07) is 3.31. The van der Waals surface area contributed by atoms with E-state index in [-0.39, 0.29) is 12.3 Å². The predicted molar refractivity (Wildman–Crippen MR) is 111 cm³/mol. The third-order valence-electron chi connectivity index (χ3n) is 3.99. The lowest BCUT2D eigenvalue weighted by molar-refractivity contribution is -0.142. The van der Waals surface area contributed by atoms with Crippen molar-refractivity contribution >= 4 is 46.5 Å². The quantitative estimate of drug-likeness (QED) is 0.509. The van der Waals surface area contributed by atoms with Crippen molar-refractivity contribution in [2.75, 3.05) is 0 Å². The SMILES string of the molecule is CC(C)CC(NC(Cc1nc(Cc2cc(Cl)cc(Cl)c2)cs1)C(=O)O)C(=O)O. The molecule has 28 heavy (non-hydrogen) atoms. The van der Waals surface area contributed by atoms with Crippen LogP contribution in [0.2, 0.25) is 10.0 Å². The van der Waals surface area contributed by atoms with Crippen molar-refractivity contribution in [3.8, 4) is 0 Å². The van der Waals surface area contributed by atoms with E-state index in [1.165, 1.54) is 11.3 Å². The minimum Gasteiger partial charge on any atom is -0.480 e. The van der Waals surface area contributed by atoms with Crippen molar-refractivity contribution in [1.29, 1.82) is 0 Å². The number of halogens is 2. The summed E-state index contributed by atoms with van der Waals surface area (Å²) in [5.41, 5.74) is 1.68. The van der Waals surface area contributed by atoms with Gasteiger partial charge in [-0.25, -0.2) is 4.98 Å². The Morgan fingerprint density at radius 2 is 1.71 bits per heavy atom. The summed E-state index contributed by atoms with van der Waals surface area (Å²) in [5, 5.41) is 25.1. The molecule has 0 aliphatic carbocycles. The molecule has 0 aliphatic heterocycles. The second-order valence-corrected chi connectivity index (χ2v) is 8.78. The molecule has 2 atom stereocenters. The fourth-order valence-corrected chi connectivity index (χ4v) is 4.20. The van der Waals surface area contributed by atoms with Gasteiger partial charge >= 0.3 is 11.9 Å². The van der Waals surface area contributed by atoms with Crippen LogP contribution in [0.15, 0.2) is 23.6 Å². The van der Waals surface area contributed by atoms with E-state index in [1.54, 1.807) is 18.2 Å². The molecular formula is C19H22Cl2N2O4S. The summed E-state index contributed by atoms with van der Waals surface area (Å²) >= 11 is 13.4. The lowest BCUT2D eigenvalue weighted by Crippen LogP contribution is -2.48. The maximum Gasteiger partial charge on any atom is 0.321 e. The van der Waals surface area contributed by atoms with Crippen molar-refractivity contribution in [2.24, 2.45) is 5.92 Å². The first-order chi connectivity index (χ1) is 13.1. The number of carbonyl (C=O) groups is 2. The molecule has 0 saturated heterocycles. The highest BCUT2D eigenvalue weighted by molar-refractivity contribution is 7.09. The van der Waals surface area contributed by atoms with Crippen LogP contribution in [0, 0.1) is 5.92 Å². The normalized spacial score (nSPS) is 13.5. The van der Waals surface area contributed by atoms with Gasteiger partial charge in [0.2, 0.25) is 0 Å². The molecule has 1 aromatic heterocycles. The molecule has 1 aromatic carbocycles. The van der Waals surface area contributed by atoms with E-state index in [0.717, 1.165) is 11.3 Å². The Labute approximate surface area is 177 Å². The maximum atomic E-state index is 11.6. The third-order valence-corrected chi connectivity index (χ3v) is 5.35. The molecule has 1 heterocycles. The fraction of sp³-hybridized carbons (Fsp3) is 0.421. The van der Waals surface area contributed by atoms with Gasteiger partial charge < -0.3 is 10.2 Å². The molecule has 0 aliphatic rings. The Morgan fingerprint density at radius 3 is 2.25 bits per heavy atom. The Kier molecular flexibility index (Phi) is 8.24. The summed E-state index contributed by atoms with van der Waals surface area (Å²) in [7, 11) is 0. The van der Waals surface area contributed by atoms with Crippen molar-refractivity contribution < 1.29 is 19.8 Å². The van der Waals surface area contributed by atoms with Gasteiger partial charge in [-0.15, -0.1) is 11.3 Å². The summed E-state index contributed by atoms with van der Waals surface area (Å²) < 4.78 is 0. The van der Waals surface area contributed by atoms with E-state index in [0.29, 0.717) is 27.9 Å². The second-order valence-electron chi connectivity index (χ2n) is 6.97. The highest BCUT2D eigenvalue weighted by Gasteiger charge is 2.27. The van der Waals surface area contributed by atoms with Crippen molar-refractivity contribution in [3.63, 3.8) is 0 Å². The van der Waals surface area contributed by atoms with Gasteiger partial charge in [-0.2, -0.15) is 0 Å². The van der Waals surface area contributed by atoms with Gasteiger partial charge in [-0.3, -0.25) is 14.9 Å². The number of carboxylic acid groups (broad SMARTS) is 2. The van der Waals surface area contributed by atoms with Crippen LogP contribution in [0.3, 0.4) is 0 Å². The number of aromatic nitrogens is 1. The standard InChI is InChI=1S/C19H22Cl2N2O4S/c1-10(2)3-15(18(24)25)23-16(19(26)27)8-17-22-14(9-28-17)6-11-4-12(20)7-13(21)5-11/h4-5,7,9-10,15-16,23H,3,6,8H2,1-2H3,(H,24,25)(H,26,27). The van der Waals surface area contributed by atoms with E-state index in [9.17, 15) is 19.8 Å². The molecule has 2 rings (SSSR count). The topological polar surface area (TPSA) is 99.5 Å². The van der Waals surface area contributed by atoms with Crippen LogP contribution >= 0.6 is 34.5 Å². The molecule has 0 saturated carbocycles. The molecule has 6 nitrogen and oxygen atoms in total. The molecular weight excluding hydrogens is 423 g/mol. The Balaban J connectivity index is 2.07. The fourth-order valence-electron chi connectivity index (χ4n) is 2.79. The van der Waals surface area contributed by atoms with Crippen LogP contribution in [-0.4, -0.2) is 39.2 Å². The lowest BCUT2D eigenvalue weighted by Gasteiger charge is -2.21. The number of thiazole rings is 1. The average molecular weight is 445 g/mol. The van der Waals surface area contributed by atoms with Crippen molar-refractivity contribution in [1.82, 2.24) is 10.3 Å². The van der Waals surface area contributed by atoms with Crippen molar-refractivity contribution in [3.05, 3.63) is 49.9 Å². The number of nitrogens with zero attached hydrogens (tertiary/aromatic N) is 1. The molecule has 0 radical (unpaired) electrons. The monoisotopic (exact) mass is 444 g/mol. The number of hydrogen-bond donors (Lipinski definition) is 3. The van der Waals surface area contributed by atoms with Gasteiger partial charge in [0, 0.05) is 28.3 Å². The molecule has 3 N–H and O–H groups in total. The molecule has 152 valence electrons. The summed E-state index contributed by atoms with van der Waals surface area (Å²) in [5.74, 6) is -2.04. The molecule has 0 fully saturated rings. The van der Waals surface area contributed by atoms with E-state index in [2.05, 4.69) is 10.3 Å². The number of aliphatic carboxylic acids is 2. The average Bonchev–Trinajstić information content (AvgIpc) is 2.98. The number of hydrogen-bond acceptors (Lipinski definition) is 5. The molecule has 0 spiro atoms. The largest absolute Gasteiger partial charge is 0.480 e. The van der Waals surface area contributed by atoms with E-state index < -0.39 is 24.0 Å². The Morgan fingerprint density at radius 1 is 1.11 bits per heavy atom. The zero-order valence-corrected chi connectivity index (χ0v) is 17.8. The summed E-state index contributed by atoms with van der Waals surface area (Å²) in [4.78, 5) is 27.5. The molecule has 0 bridgehead atoms. The highest BCUT2D eigenvalue weighted by atomic mass is 35.5. The van der Waals surface area contributed by atoms with Crippen LogP contribution in [0.4, 0.5) is 0 Å². The zero-order chi connectivity index (χ0) is 20.8. The first-order valence-electron chi connectivity index (χ1n) is 8.74. The lowest BCUT2D eigenvalue weighted by atomic mass is 10.0. The maximum absolute atomic E-state index is 11.6. The summed E-state index contributed by atoms with van der Waals surface area (Å²) in [6.07, 6.45) is 0.975. The second kappa shape index (κ2) is 10.2. The Bertz CT molecular complexity index is 821. The Hall–Kier alpha value is -1.67. The van der Waals surface area contributed by atoms with Gasteiger partial charge in [-0.1, -0.05) is 37.0 Å². The first kappa shape index (κ1) is 22.6.